The van der Waals surface area contributed by atoms with Gasteiger partial charge in [0.1, 0.15) is 12.4 Å². The van der Waals surface area contributed by atoms with E-state index in [0.29, 0.717) is 29.3 Å². The van der Waals surface area contributed by atoms with E-state index in [1.54, 1.807) is 44.6 Å². The fraction of sp³-hybridized carbons (Fsp3) is 0.286. The van der Waals surface area contributed by atoms with Crippen molar-refractivity contribution >= 4 is 23.6 Å². The number of alkyl halides is 3. The maximum atomic E-state index is 13.4. The van der Waals surface area contributed by atoms with Gasteiger partial charge in [-0.15, -0.1) is 0 Å². The van der Waals surface area contributed by atoms with Crippen LogP contribution in [0.4, 0.5) is 19.0 Å². The summed E-state index contributed by atoms with van der Waals surface area (Å²) in [6, 6.07) is 3.43. The van der Waals surface area contributed by atoms with E-state index in [1.807, 2.05) is 0 Å². The van der Waals surface area contributed by atoms with Gasteiger partial charge in [-0.2, -0.15) is 23.4 Å². The van der Waals surface area contributed by atoms with Gasteiger partial charge in [-0.25, -0.2) is 4.98 Å². The van der Waals surface area contributed by atoms with Crippen LogP contribution >= 0.6 is 0 Å². The van der Waals surface area contributed by atoms with Gasteiger partial charge in [-0.3, -0.25) is 19.2 Å². The number of hydrogen-bond donors (Lipinski definition) is 2. The van der Waals surface area contributed by atoms with Crippen molar-refractivity contribution in [3.05, 3.63) is 53.4 Å². The van der Waals surface area contributed by atoms with Crippen molar-refractivity contribution in [3.63, 3.8) is 0 Å². The summed E-state index contributed by atoms with van der Waals surface area (Å²) in [6.45, 7) is 3.70. The zero-order valence-corrected chi connectivity index (χ0v) is 18.1. The number of rotatable bonds is 5. The maximum Gasteiger partial charge on any atom is 0.435 e. The largest absolute Gasteiger partial charge is 0.435 e. The zero-order chi connectivity index (χ0) is 23.8. The maximum absolute atomic E-state index is 13.4. The lowest BCUT2D eigenvalue weighted by molar-refractivity contribution is -0.141. The van der Waals surface area contributed by atoms with Crippen molar-refractivity contribution in [2.45, 2.75) is 26.6 Å². The Labute approximate surface area is 187 Å². The average molecular weight is 458 g/mol. The van der Waals surface area contributed by atoms with Crippen LogP contribution in [0.3, 0.4) is 0 Å². The molecule has 0 bridgehead atoms. The standard InChI is InChI=1S/C21H21F3N8O/c1-12-19(15-10-31(3)30-20(15)21(22,23)24)13(2)32(29-12)11-18(33)28-17-5-4-14(8-27-17)16-9-25-6-7-26-16/h4-5,7-10,25H,6,11H2,1-3H3,(H,27,28,33). The summed E-state index contributed by atoms with van der Waals surface area (Å²) in [5, 5.41) is 13.6. The van der Waals surface area contributed by atoms with E-state index < -0.39 is 17.8 Å². The molecule has 1 aliphatic heterocycles. The summed E-state index contributed by atoms with van der Waals surface area (Å²) < 4.78 is 42.8. The number of amides is 1. The summed E-state index contributed by atoms with van der Waals surface area (Å²) >= 11 is 0. The molecule has 2 N–H and O–H groups in total. The van der Waals surface area contributed by atoms with Crippen LogP contribution in [0, 0.1) is 13.8 Å². The van der Waals surface area contributed by atoms with E-state index in [2.05, 4.69) is 30.8 Å². The molecule has 33 heavy (non-hydrogen) atoms. The summed E-state index contributed by atoms with van der Waals surface area (Å²) in [7, 11) is 1.42. The molecule has 0 aliphatic carbocycles. The monoisotopic (exact) mass is 458 g/mol. The SMILES string of the molecule is Cc1nn(CC(=O)Nc2ccc(C3=CNCC=N3)cn2)c(C)c1-c1cn(C)nc1C(F)(F)F. The molecule has 3 aromatic heterocycles. The molecule has 0 radical (unpaired) electrons. The molecule has 0 fully saturated rings. The Kier molecular flexibility index (Phi) is 5.75. The van der Waals surface area contributed by atoms with Crippen molar-refractivity contribution in [2.24, 2.45) is 12.0 Å². The highest BCUT2D eigenvalue weighted by Gasteiger charge is 2.38. The minimum Gasteiger partial charge on any atom is -0.384 e. The molecule has 1 amide bonds. The molecule has 172 valence electrons. The number of halogens is 3. The molecule has 0 spiro atoms. The summed E-state index contributed by atoms with van der Waals surface area (Å²) in [5.41, 5.74) is 1.57. The Balaban J connectivity index is 1.51. The van der Waals surface area contributed by atoms with Crippen molar-refractivity contribution in [1.82, 2.24) is 29.9 Å². The van der Waals surface area contributed by atoms with Crippen LogP contribution < -0.4 is 10.6 Å². The van der Waals surface area contributed by atoms with Gasteiger partial charge in [0.05, 0.1) is 11.4 Å². The van der Waals surface area contributed by atoms with Gasteiger partial charge >= 0.3 is 6.18 Å². The molecular formula is C21H21F3N8O. The number of nitrogens with zero attached hydrogens (tertiary/aromatic N) is 6. The van der Waals surface area contributed by atoms with E-state index in [4.69, 9.17) is 0 Å². The van der Waals surface area contributed by atoms with Gasteiger partial charge in [0.2, 0.25) is 5.91 Å². The number of aryl methyl sites for hydroxylation is 2. The fourth-order valence-electron chi connectivity index (χ4n) is 3.61. The normalized spacial score (nSPS) is 13.6. The Bertz CT molecular complexity index is 1250. The van der Waals surface area contributed by atoms with E-state index in [-0.39, 0.29) is 12.1 Å². The molecule has 3 aromatic rings. The molecule has 9 nitrogen and oxygen atoms in total. The molecule has 1 aliphatic rings. The Morgan fingerprint density at radius 3 is 2.67 bits per heavy atom. The average Bonchev–Trinajstić information content (AvgIpc) is 3.28. The topological polar surface area (TPSA) is 102 Å². The van der Waals surface area contributed by atoms with E-state index in [0.717, 1.165) is 15.9 Å². The van der Waals surface area contributed by atoms with Gasteiger partial charge in [-0.05, 0) is 26.0 Å². The molecule has 12 heteroatoms. The van der Waals surface area contributed by atoms with E-state index >= 15 is 0 Å². The van der Waals surface area contributed by atoms with Crippen LogP contribution in [0.2, 0.25) is 0 Å². The molecule has 0 aromatic carbocycles. The van der Waals surface area contributed by atoms with E-state index in [9.17, 15) is 18.0 Å². The number of carbonyl (C=O) groups excluding carboxylic acids is 1. The fourth-order valence-corrected chi connectivity index (χ4v) is 3.61. The van der Waals surface area contributed by atoms with Crippen molar-refractivity contribution in [1.29, 1.82) is 0 Å². The summed E-state index contributed by atoms with van der Waals surface area (Å²) in [5.74, 6) is -0.0725. The van der Waals surface area contributed by atoms with Crippen LogP contribution in [0.15, 0.2) is 35.7 Å². The van der Waals surface area contributed by atoms with Gasteiger partial charge in [0.25, 0.3) is 0 Å². The van der Waals surface area contributed by atoms with Crippen molar-refractivity contribution in [2.75, 3.05) is 11.9 Å². The second kappa shape index (κ2) is 8.52. The number of aromatic nitrogens is 5. The zero-order valence-electron chi connectivity index (χ0n) is 18.1. The number of carbonyl (C=O) groups is 1. The highest BCUT2D eigenvalue weighted by atomic mass is 19.4. The lowest BCUT2D eigenvalue weighted by atomic mass is 10.0. The number of nitrogens with one attached hydrogen (secondary N) is 2. The van der Waals surface area contributed by atoms with Crippen molar-refractivity contribution < 1.29 is 18.0 Å². The lowest BCUT2D eigenvalue weighted by Crippen LogP contribution is -2.21. The van der Waals surface area contributed by atoms with Gasteiger partial charge < -0.3 is 10.6 Å². The first-order chi connectivity index (χ1) is 15.6. The minimum absolute atomic E-state index is 0.0712. The first-order valence-electron chi connectivity index (χ1n) is 10.0. The Morgan fingerprint density at radius 2 is 2.03 bits per heavy atom. The minimum atomic E-state index is -4.61. The molecule has 0 atom stereocenters. The van der Waals surface area contributed by atoms with Crippen molar-refractivity contribution in [3.8, 4) is 11.1 Å². The lowest BCUT2D eigenvalue weighted by Gasteiger charge is -2.10. The number of pyridine rings is 1. The quantitative estimate of drug-likeness (QED) is 0.612. The first kappa shape index (κ1) is 22.2. The third-order valence-electron chi connectivity index (χ3n) is 5.05. The van der Waals surface area contributed by atoms with Crippen LogP contribution in [0.25, 0.3) is 16.8 Å². The Hall–Kier alpha value is -3.96. The molecule has 4 heterocycles. The third kappa shape index (κ3) is 4.64. The second-order valence-corrected chi connectivity index (χ2v) is 7.50. The van der Waals surface area contributed by atoms with Crippen LogP contribution in [-0.4, -0.2) is 43.2 Å². The smallest absolute Gasteiger partial charge is 0.384 e. The molecule has 0 unspecified atom stereocenters. The van der Waals surface area contributed by atoms with Gasteiger partial charge in [0, 0.05) is 60.8 Å². The van der Waals surface area contributed by atoms with Gasteiger partial charge in [-0.1, -0.05) is 0 Å². The molecule has 4 rings (SSSR count). The first-order valence-corrected chi connectivity index (χ1v) is 10.0. The number of anilines is 1. The number of hydrogen-bond acceptors (Lipinski definition) is 6. The summed E-state index contributed by atoms with van der Waals surface area (Å²) in [6.07, 6.45) is 1.81. The second-order valence-electron chi connectivity index (χ2n) is 7.50. The molecular weight excluding hydrogens is 437 g/mol. The predicted octanol–water partition coefficient (Wildman–Crippen LogP) is 2.93. The van der Waals surface area contributed by atoms with E-state index in [1.165, 1.54) is 17.9 Å². The predicted molar refractivity (Wildman–Crippen MR) is 116 cm³/mol. The summed E-state index contributed by atoms with van der Waals surface area (Å²) in [4.78, 5) is 21.1. The third-order valence-corrected chi connectivity index (χ3v) is 5.05. The van der Waals surface area contributed by atoms with Crippen LogP contribution in [-0.2, 0) is 24.6 Å². The van der Waals surface area contributed by atoms with Crippen LogP contribution in [0.5, 0.6) is 0 Å². The van der Waals surface area contributed by atoms with Crippen LogP contribution in [0.1, 0.15) is 22.6 Å². The molecule has 0 saturated heterocycles. The highest BCUT2D eigenvalue weighted by molar-refractivity contribution is 5.90. The molecule has 0 saturated carbocycles. The highest BCUT2D eigenvalue weighted by Crippen LogP contribution is 2.38. The Morgan fingerprint density at radius 1 is 1.24 bits per heavy atom. The number of aliphatic imine (C=N–C) groups is 1. The van der Waals surface area contributed by atoms with Gasteiger partial charge in [0.15, 0.2) is 5.69 Å².